The Morgan fingerprint density at radius 3 is 2.58 bits per heavy atom. The molecule has 2 nitrogen and oxygen atoms in total. The van der Waals surface area contributed by atoms with Gasteiger partial charge in [-0.25, -0.2) is 0 Å². The van der Waals surface area contributed by atoms with Gasteiger partial charge in [-0.3, -0.25) is 4.98 Å². The van der Waals surface area contributed by atoms with E-state index in [4.69, 9.17) is 0 Å². The second kappa shape index (κ2) is 3.00. The Bertz CT molecular complexity index is 272. The number of ether oxygens (including phenoxy) is 1. The van der Waals surface area contributed by atoms with Gasteiger partial charge in [-0.05, 0) is 13.0 Å². The average Bonchev–Trinajstić information content (AvgIpc) is 1.91. The van der Waals surface area contributed by atoms with E-state index in [1.807, 2.05) is 0 Å². The number of rotatable bonds is 1. The van der Waals surface area contributed by atoms with Crippen molar-refractivity contribution >= 4 is 0 Å². The van der Waals surface area contributed by atoms with Gasteiger partial charge in [-0.2, -0.15) is 0 Å². The van der Waals surface area contributed by atoms with Gasteiger partial charge in [0.25, 0.3) is 0 Å². The molecule has 66 valence electrons. The summed E-state index contributed by atoms with van der Waals surface area (Å²) < 4.78 is 38.7. The van der Waals surface area contributed by atoms with Crippen LogP contribution in [0.15, 0.2) is 18.5 Å². The number of alkyl halides is 3. The van der Waals surface area contributed by atoms with Crippen molar-refractivity contribution in [2.24, 2.45) is 0 Å². The standard InChI is InChI=1S/C7H6F3NO/c1-5-4-11-3-2-6(5)12-7(8,9)10/h2-4H,1H3. The average molecular weight is 177 g/mol. The van der Waals surface area contributed by atoms with Crippen LogP contribution in [0.3, 0.4) is 0 Å². The van der Waals surface area contributed by atoms with Gasteiger partial charge >= 0.3 is 6.36 Å². The molecule has 0 aliphatic carbocycles. The van der Waals surface area contributed by atoms with Gasteiger partial charge in [-0.15, -0.1) is 13.2 Å². The summed E-state index contributed by atoms with van der Waals surface area (Å²) in [4.78, 5) is 3.63. The molecule has 0 N–H and O–H groups in total. The van der Waals surface area contributed by atoms with Crippen molar-refractivity contribution in [3.63, 3.8) is 0 Å². The van der Waals surface area contributed by atoms with Crippen molar-refractivity contribution in [2.75, 3.05) is 0 Å². The first-order valence-electron chi connectivity index (χ1n) is 3.15. The van der Waals surface area contributed by atoms with E-state index in [1.165, 1.54) is 25.4 Å². The fourth-order valence-electron chi connectivity index (χ4n) is 0.700. The Balaban J connectivity index is 2.83. The maximum Gasteiger partial charge on any atom is 0.573 e. The van der Waals surface area contributed by atoms with Crippen molar-refractivity contribution in [3.8, 4) is 5.75 Å². The molecular weight excluding hydrogens is 171 g/mol. The van der Waals surface area contributed by atoms with Crippen LogP contribution >= 0.6 is 0 Å². The van der Waals surface area contributed by atoms with E-state index in [-0.39, 0.29) is 5.75 Å². The summed E-state index contributed by atoms with van der Waals surface area (Å²) in [5, 5.41) is 0. The first kappa shape index (κ1) is 8.83. The highest BCUT2D eigenvalue weighted by Gasteiger charge is 2.31. The topological polar surface area (TPSA) is 22.1 Å². The molecule has 1 aromatic rings. The molecule has 0 aliphatic heterocycles. The number of aromatic nitrogens is 1. The minimum atomic E-state index is -4.63. The number of hydrogen-bond donors (Lipinski definition) is 0. The Morgan fingerprint density at radius 2 is 2.08 bits per heavy atom. The van der Waals surface area contributed by atoms with Gasteiger partial charge < -0.3 is 4.74 Å². The fraction of sp³-hybridized carbons (Fsp3) is 0.286. The minimum absolute atomic E-state index is 0.211. The van der Waals surface area contributed by atoms with Crippen molar-refractivity contribution in [3.05, 3.63) is 24.0 Å². The molecule has 0 amide bonds. The molecule has 0 aromatic carbocycles. The molecule has 0 unspecified atom stereocenters. The van der Waals surface area contributed by atoms with E-state index in [0.717, 1.165) is 0 Å². The van der Waals surface area contributed by atoms with E-state index >= 15 is 0 Å². The van der Waals surface area contributed by atoms with E-state index in [1.54, 1.807) is 0 Å². The predicted molar refractivity (Wildman–Crippen MR) is 35.7 cm³/mol. The first-order valence-corrected chi connectivity index (χ1v) is 3.15. The largest absolute Gasteiger partial charge is 0.573 e. The summed E-state index contributed by atoms with van der Waals surface area (Å²) in [5.74, 6) is -0.211. The van der Waals surface area contributed by atoms with Crippen molar-refractivity contribution < 1.29 is 17.9 Å². The van der Waals surface area contributed by atoms with Gasteiger partial charge in [0.1, 0.15) is 5.75 Å². The van der Waals surface area contributed by atoms with Crippen LogP contribution in [0.25, 0.3) is 0 Å². The Kier molecular flexibility index (Phi) is 2.21. The van der Waals surface area contributed by atoms with Crippen molar-refractivity contribution in [2.45, 2.75) is 13.3 Å². The summed E-state index contributed by atoms with van der Waals surface area (Å²) in [6, 6.07) is 1.17. The second-order valence-corrected chi connectivity index (χ2v) is 2.19. The lowest BCUT2D eigenvalue weighted by Crippen LogP contribution is -2.17. The zero-order chi connectivity index (χ0) is 9.19. The highest BCUT2D eigenvalue weighted by molar-refractivity contribution is 5.28. The quantitative estimate of drug-likeness (QED) is 0.656. The maximum absolute atomic E-state index is 11.7. The SMILES string of the molecule is Cc1cnccc1OC(F)(F)F. The smallest absolute Gasteiger partial charge is 0.405 e. The van der Waals surface area contributed by atoms with Gasteiger partial charge in [0.2, 0.25) is 0 Å². The number of hydrogen-bond acceptors (Lipinski definition) is 2. The van der Waals surface area contributed by atoms with E-state index in [0.29, 0.717) is 5.56 Å². The van der Waals surface area contributed by atoms with E-state index in [2.05, 4.69) is 9.72 Å². The molecule has 0 spiro atoms. The van der Waals surface area contributed by atoms with Gasteiger partial charge in [0.05, 0.1) is 0 Å². The molecule has 5 heteroatoms. The van der Waals surface area contributed by atoms with Crippen LogP contribution in [0.1, 0.15) is 5.56 Å². The fourth-order valence-corrected chi connectivity index (χ4v) is 0.700. The zero-order valence-corrected chi connectivity index (χ0v) is 6.22. The summed E-state index contributed by atoms with van der Waals surface area (Å²) in [5.41, 5.74) is 0.356. The molecular formula is C7H6F3NO. The molecule has 1 rings (SSSR count). The summed E-state index contributed by atoms with van der Waals surface area (Å²) in [6.07, 6.45) is -2.08. The van der Waals surface area contributed by atoms with Gasteiger partial charge in [-0.1, -0.05) is 0 Å². The van der Waals surface area contributed by atoms with Crippen LogP contribution in [-0.4, -0.2) is 11.3 Å². The Labute approximate surface area is 67.0 Å². The van der Waals surface area contributed by atoms with Crippen molar-refractivity contribution in [1.29, 1.82) is 0 Å². The van der Waals surface area contributed by atoms with E-state index < -0.39 is 6.36 Å². The number of pyridine rings is 1. The lowest BCUT2D eigenvalue weighted by Gasteiger charge is -2.09. The third-order valence-electron chi connectivity index (χ3n) is 1.19. The number of halogens is 3. The maximum atomic E-state index is 11.7. The number of aryl methyl sites for hydroxylation is 1. The summed E-state index contributed by atoms with van der Waals surface area (Å²) in [6.45, 7) is 1.49. The first-order chi connectivity index (χ1) is 5.49. The minimum Gasteiger partial charge on any atom is -0.405 e. The molecule has 0 atom stereocenters. The molecule has 0 radical (unpaired) electrons. The zero-order valence-electron chi connectivity index (χ0n) is 6.22. The van der Waals surface area contributed by atoms with Gasteiger partial charge in [0.15, 0.2) is 0 Å². The molecule has 0 fully saturated rings. The lowest BCUT2D eigenvalue weighted by molar-refractivity contribution is -0.274. The third kappa shape index (κ3) is 2.41. The third-order valence-corrected chi connectivity index (χ3v) is 1.19. The molecule has 1 aromatic heterocycles. The molecule has 0 saturated heterocycles. The Morgan fingerprint density at radius 1 is 1.42 bits per heavy atom. The molecule has 0 bridgehead atoms. The monoisotopic (exact) mass is 177 g/mol. The van der Waals surface area contributed by atoms with Gasteiger partial charge in [0, 0.05) is 18.0 Å². The van der Waals surface area contributed by atoms with Crippen LogP contribution in [0.2, 0.25) is 0 Å². The van der Waals surface area contributed by atoms with Crippen LogP contribution in [-0.2, 0) is 0 Å². The summed E-state index contributed by atoms with van der Waals surface area (Å²) >= 11 is 0. The van der Waals surface area contributed by atoms with Crippen LogP contribution in [0.5, 0.6) is 5.75 Å². The molecule has 12 heavy (non-hydrogen) atoms. The highest BCUT2D eigenvalue weighted by atomic mass is 19.4. The van der Waals surface area contributed by atoms with Crippen LogP contribution < -0.4 is 4.74 Å². The molecule has 1 heterocycles. The van der Waals surface area contributed by atoms with E-state index in [9.17, 15) is 13.2 Å². The highest BCUT2D eigenvalue weighted by Crippen LogP contribution is 2.24. The number of nitrogens with zero attached hydrogens (tertiary/aromatic N) is 1. The molecule has 0 aliphatic rings. The summed E-state index contributed by atoms with van der Waals surface area (Å²) in [7, 11) is 0. The lowest BCUT2D eigenvalue weighted by atomic mass is 10.3. The van der Waals surface area contributed by atoms with Crippen LogP contribution in [0, 0.1) is 6.92 Å². The normalized spacial score (nSPS) is 11.3. The van der Waals surface area contributed by atoms with Crippen LogP contribution in [0.4, 0.5) is 13.2 Å². The second-order valence-electron chi connectivity index (χ2n) is 2.19. The van der Waals surface area contributed by atoms with Crippen molar-refractivity contribution in [1.82, 2.24) is 4.98 Å². The predicted octanol–water partition coefficient (Wildman–Crippen LogP) is 2.29. The Hall–Kier alpha value is -1.26. The molecule has 0 saturated carbocycles.